The van der Waals surface area contributed by atoms with Crippen molar-refractivity contribution in [2.24, 2.45) is 0 Å². The van der Waals surface area contributed by atoms with Gasteiger partial charge in [0, 0.05) is 0 Å². The van der Waals surface area contributed by atoms with Crippen molar-refractivity contribution in [1.82, 2.24) is 5.32 Å². The van der Waals surface area contributed by atoms with E-state index in [4.69, 9.17) is 9.47 Å². The molecule has 1 rings (SSSR count). The molecule has 0 saturated carbocycles. The number of aliphatic hydroxyl groups is 7. The highest BCUT2D eigenvalue weighted by Gasteiger charge is 2.44. The number of allylic oxidation sites excluding steroid dienone is 4. The standard InChI is InChI=1S/C58H111NO10/c1-3-5-7-9-11-12-13-14-15-16-17-18-19-20-21-22-23-24-25-26-27-28-29-30-31-32-33-34-35-36-37-38-39-40-42-44-46-51(62)57(67)59-49(53(63)50(61)45-43-41-10-8-6-4-2)48-68-58-56(66)55(65)54(64)52(47-60)69-58/h21-22,24-25,49-56,58,60-66H,3-20,23,26-48H2,1-2H3,(H,59,67)/b22-21-,25-24-. The Kier molecular flexibility index (Phi) is 45.2. The minimum atomic E-state index is -1.66. The summed E-state index contributed by atoms with van der Waals surface area (Å²) in [5.74, 6) is -0.699. The molecule has 8 N–H and O–H groups in total. The van der Waals surface area contributed by atoms with Gasteiger partial charge in [0.1, 0.15) is 36.6 Å². The van der Waals surface area contributed by atoms with E-state index in [1.165, 1.54) is 173 Å². The SMILES string of the molecule is CCCCCCCCCCCCCCC/C=C\C/C=C\CCCCCCCCCCCCCCCCCCC(O)C(=O)NC(COC1OC(CO)C(O)C(O)C1O)C(O)C(O)CCCCCCCC. The van der Waals surface area contributed by atoms with Gasteiger partial charge in [0.15, 0.2) is 6.29 Å². The quantitative estimate of drug-likeness (QED) is 0.0215. The van der Waals surface area contributed by atoms with Gasteiger partial charge < -0.3 is 50.5 Å². The van der Waals surface area contributed by atoms with Crippen LogP contribution >= 0.6 is 0 Å². The average molecular weight is 983 g/mol. The molecule has 1 saturated heterocycles. The Bertz CT molecular complexity index is 1170. The van der Waals surface area contributed by atoms with Crippen LogP contribution in [0.5, 0.6) is 0 Å². The summed E-state index contributed by atoms with van der Waals surface area (Å²) in [6.07, 6.45) is 46.1. The summed E-state index contributed by atoms with van der Waals surface area (Å²) in [5, 5.41) is 75.4. The third-order valence-electron chi connectivity index (χ3n) is 14.3. The lowest BCUT2D eigenvalue weighted by atomic mass is 9.98. The predicted octanol–water partition coefficient (Wildman–Crippen LogP) is 12.1. The number of amides is 1. The first-order chi connectivity index (χ1) is 33.7. The van der Waals surface area contributed by atoms with Gasteiger partial charge in [0.25, 0.3) is 0 Å². The van der Waals surface area contributed by atoms with Gasteiger partial charge in [-0.3, -0.25) is 4.79 Å². The minimum Gasteiger partial charge on any atom is -0.394 e. The van der Waals surface area contributed by atoms with E-state index in [-0.39, 0.29) is 6.42 Å². The number of nitrogens with one attached hydrogen (secondary N) is 1. The topological polar surface area (TPSA) is 189 Å². The Morgan fingerprint density at radius 1 is 0.507 bits per heavy atom. The largest absolute Gasteiger partial charge is 0.394 e. The Morgan fingerprint density at radius 2 is 0.884 bits per heavy atom. The van der Waals surface area contributed by atoms with E-state index in [9.17, 15) is 40.5 Å². The van der Waals surface area contributed by atoms with Crippen LogP contribution in [0.4, 0.5) is 0 Å². The molecule has 9 unspecified atom stereocenters. The van der Waals surface area contributed by atoms with Crippen molar-refractivity contribution in [2.45, 2.75) is 326 Å². The molecule has 1 amide bonds. The van der Waals surface area contributed by atoms with Gasteiger partial charge in [-0.15, -0.1) is 0 Å². The van der Waals surface area contributed by atoms with E-state index < -0.39 is 74.2 Å². The van der Waals surface area contributed by atoms with Crippen LogP contribution in [-0.4, -0.2) is 110 Å². The molecule has 408 valence electrons. The minimum absolute atomic E-state index is 0.261. The van der Waals surface area contributed by atoms with Crippen LogP contribution < -0.4 is 5.32 Å². The molecule has 0 aromatic rings. The zero-order valence-corrected chi connectivity index (χ0v) is 44.6. The summed E-state index contributed by atoms with van der Waals surface area (Å²) in [5.41, 5.74) is 0. The lowest BCUT2D eigenvalue weighted by molar-refractivity contribution is -0.303. The smallest absolute Gasteiger partial charge is 0.249 e. The Balaban J connectivity index is 2.06. The number of ether oxygens (including phenoxy) is 2. The molecule has 11 heteroatoms. The normalized spacial score (nSPS) is 20.5. The Hall–Kier alpha value is -1.41. The molecule has 0 spiro atoms. The lowest BCUT2D eigenvalue weighted by Gasteiger charge is -2.40. The summed E-state index contributed by atoms with van der Waals surface area (Å²) in [6, 6.07) is -1.16. The van der Waals surface area contributed by atoms with Crippen LogP contribution in [0, 0.1) is 0 Å². The zero-order chi connectivity index (χ0) is 50.4. The fourth-order valence-electron chi connectivity index (χ4n) is 9.47. The number of carbonyl (C=O) groups excluding carboxylic acids is 1. The van der Waals surface area contributed by atoms with Gasteiger partial charge in [-0.25, -0.2) is 0 Å². The van der Waals surface area contributed by atoms with Crippen LogP contribution in [0.1, 0.15) is 271 Å². The molecule has 1 fully saturated rings. The first-order valence-corrected chi connectivity index (χ1v) is 29.2. The maximum atomic E-state index is 13.1. The Labute approximate surface area is 423 Å². The molecule has 9 atom stereocenters. The fraction of sp³-hybridized carbons (Fsp3) is 0.914. The van der Waals surface area contributed by atoms with E-state index in [1.807, 2.05) is 0 Å². The number of hydrogen-bond donors (Lipinski definition) is 8. The molecule has 0 radical (unpaired) electrons. The van der Waals surface area contributed by atoms with E-state index in [1.54, 1.807) is 0 Å². The number of hydrogen-bond acceptors (Lipinski definition) is 10. The molecule has 0 bridgehead atoms. The maximum absolute atomic E-state index is 13.1. The first kappa shape index (κ1) is 65.6. The molecule has 1 aliphatic rings. The van der Waals surface area contributed by atoms with Crippen molar-refractivity contribution < 1.29 is 50.0 Å². The van der Waals surface area contributed by atoms with E-state index >= 15 is 0 Å². The van der Waals surface area contributed by atoms with Gasteiger partial charge in [-0.05, 0) is 44.9 Å². The molecule has 0 aliphatic carbocycles. The van der Waals surface area contributed by atoms with E-state index in [0.29, 0.717) is 19.3 Å². The summed E-state index contributed by atoms with van der Waals surface area (Å²) < 4.78 is 11.1. The molecule has 0 aromatic heterocycles. The van der Waals surface area contributed by atoms with Gasteiger partial charge >= 0.3 is 0 Å². The van der Waals surface area contributed by atoms with Crippen LogP contribution in [0.2, 0.25) is 0 Å². The van der Waals surface area contributed by atoms with Gasteiger partial charge in [-0.1, -0.05) is 250 Å². The monoisotopic (exact) mass is 982 g/mol. The second-order valence-electron chi connectivity index (χ2n) is 20.7. The number of rotatable bonds is 50. The second kappa shape index (κ2) is 47.6. The summed E-state index contributed by atoms with van der Waals surface area (Å²) >= 11 is 0. The molecule has 69 heavy (non-hydrogen) atoms. The summed E-state index contributed by atoms with van der Waals surface area (Å²) in [4.78, 5) is 13.1. The van der Waals surface area contributed by atoms with E-state index in [2.05, 4.69) is 43.5 Å². The molecule has 11 nitrogen and oxygen atoms in total. The zero-order valence-electron chi connectivity index (χ0n) is 44.6. The third kappa shape index (κ3) is 36.2. The highest BCUT2D eigenvalue weighted by atomic mass is 16.7. The predicted molar refractivity (Wildman–Crippen MR) is 284 cm³/mol. The van der Waals surface area contributed by atoms with Gasteiger partial charge in [0.05, 0.1) is 25.4 Å². The van der Waals surface area contributed by atoms with Crippen molar-refractivity contribution in [2.75, 3.05) is 13.2 Å². The van der Waals surface area contributed by atoms with Crippen molar-refractivity contribution in [3.8, 4) is 0 Å². The number of unbranched alkanes of at least 4 members (excludes halogenated alkanes) is 34. The highest BCUT2D eigenvalue weighted by molar-refractivity contribution is 5.80. The average Bonchev–Trinajstić information content (AvgIpc) is 3.35. The molecular weight excluding hydrogens is 871 g/mol. The maximum Gasteiger partial charge on any atom is 0.249 e. The van der Waals surface area contributed by atoms with Crippen molar-refractivity contribution in [1.29, 1.82) is 0 Å². The Morgan fingerprint density at radius 3 is 1.29 bits per heavy atom. The van der Waals surface area contributed by atoms with Gasteiger partial charge in [-0.2, -0.15) is 0 Å². The molecular formula is C58H111NO10. The number of aliphatic hydroxyl groups excluding tert-OH is 7. The van der Waals surface area contributed by atoms with Crippen LogP contribution in [0.15, 0.2) is 24.3 Å². The lowest BCUT2D eigenvalue weighted by Crippen LogP contribution is -2.60. The summed E-state index contributed by atoms with van der Waals surface area (Å²) in [7, 11) is 0. The number of carbonyl (C=O) groups is 1. The van der Waals surface area contributed by atoms with Crippen molar-refractivity contribution >= 4 is 5.91 Å². The van der Waals surface area contributed by atoms with Crippen LogP contribution in [0.3, 0.4) is 0 Å². The second-order valence-corrected chi connectivity index (χ2v) is 20.7. The van der Waals surface area contributed by atoms with E-state index in [0.717, 1.165) is 57.8 Å². The van der Waals surface area contributed by atoms with Gasteiger partial charge in [0.2, 0.25) is 5.91 Å². The highest BCUT2D eigenvalue weighted by Crippen LogP contribution is 2.23. The fourth-order valence-corrected chi connectivity index (χ4v) is 9.47. The van der Waals surface area contributed by atoms with Crippen molar-refractivity contribution in [3.05, 3.63) is 24.3 Å². The third-order valence-corrected chi connectivity index (χ3v) is 14.3. The van der Waals surface area contributed by atoms with Crippen LogP contribution in [0.25, 0.3) is 0 Å². The summed E-state index contributed by atoms with van der Waals surface area (Å²) in [6.45, 7) is 3.38. The molecule has 1 aliphatic heterocycles. The molecule has 1 heterocycles. The van der Waals surface area contributed by atoms with Crippen LogP contribution in [-0.2, 0) is 14.3 Å². The molecule has 0 aromatic carbocycles. The van der Waals surface area contributed by atoms with Crippen molar-refractivity contribution in [3.63, 3.8) is 0 Å². The first-order valence-electron chi connectivity index (χ1n) is 29.2.